The van der Waals surface area contributed by atoms with Gasteiger partial charge in [0, 0.05) is 33.9 Å². The zero-order valence-corrected chi connectivity index (χ0v) is 15.8. The molecule has 0 spiro atoms. The van der Waals surface area contributed by atoms with Crippen molar-refractivity contribution in [1.29, 1.82) is 0 Å². The van der Waals surface area contributed by atoms with Gasteiger partial charge in [-0.1, -0.05) is 6.92 Å². The van der Waals surface area contributed by atoms with Crippen molar-refractivity contribution in [3.63, 3.8) is 0 Å². The van der Waals surface area contributed by atoms with E-state index in [0.717, 1.165) is 25.9 Å². The molecule has 6 heteroatoms. The summed E-state index contributed by atoms with van der Waals surface area (Å²) in [7, 11) is 3.28. The Morgan fingerprint density at radius 2 is 1.91 bits per heavy atom. The van der Waals surface area contributed by atoms with Gasteiger partial charge in [0.2, 0.25) is 0 Å². The number of carbonyl (C=O) groups excluding carboxylic acids is 1. The number of nitrogens with zero attached hydrogens (tertiary/aromatic N) is 1. The first-order chi connectivity index (χ1) is 10.6. The normalized spacial score (nSPS) is 23.9. The maximum absolute atomic E-state index is 12.3. The third kappa shape index (κ3) is 6.65. The van der Waals surface area contributed by atoms with Crippen LogP contribution in [-0.4, -0.2) is 62.8 Å². The Hall–Kier alpha value is -0.850. The lowest BCUT2D eigenvalue weighted by Gasteiger charge is -2.41. The molecule has 136 valence electrons. The minimum absolute atomic E-state index is 0.0233. The van der Waals surface area contributed by atoms with E-state index < -0.39 is 5.60 Å². The Bertz CT molecular complexity index is 379. The zero-order valence-electron chi connectivity index (χ0n) is 15.8. The summed E-state index contributed by atoms with van der Waals surface area (Å²) >= 11 is 0. The second-order valence-corrected chi connectivity index (χ2v) is 7.83. The number of carbonyl (C=O) groups is 1. The highest BCUT2D eigenvalue weighted by Gasteiger charge is 2.35. The topological polar surface area (TPSA) is 60.0 Å². The quantitative estimate of drug-likeness (QED) is 0.759. The van der Waals surface area contributed by atoms with Crippen molar-refractivity contribution in [3.8, 4) is 0 Å². The molecule has 1 rings (SSSR count). The van der Waals surface area contributed by atoms with E-state index >= 15 is 0 Å². The average molecular weight is 330 g/mol. The van der Waals surface area contributed by atoms with Crippen molar-refractivity contribution < 1.29 is 19.0 Å². The smallest absolute Gasteiger partial charge is 0.410 e. The highest BCUT2D eigenvalue weighted by Crippen LogP contribution is 2.30. The molecule has 1 fully saturated rings. The van der Waals surface area contributed by atoms with Gasteiger partial charge < -0.3 is 24.4 Å². The molecule has 0 aromatic rings. The summed E-state index contributed by atoms with van der Waals surface area (Å²) in [4.78, 5) is 14.1. The Balaban J connectivity index is 2.56. The number of piperidine rings is 1. The fourth-order valence-electron chi connectivity index (χ4n) is 2.95. The van der Waals surface area contributed by atoms with Crippen molar-refractivity contribution in [2.24, 2.45) is 5.41 Å². The number of hydrogen-bond acceptors (Lipinski definition) is 5. The molecule has 0 aromatic heterocycles. The van der Waals surface area contributed by atoms with Crippen molar-refractivity contribution in [3.05, 3.63) is 0 Å². The minimum Gasteiger partial charge on any atom is -0.444 e. The van der Waals surface area contributed by atoms with Crippen LogP contribution in [-0.2, 0) is 14.2 Å². The molecule has 1 heterocycles. The lowest BCUT2D eigenvalue weighted by molar-refractivity contribution is -0.120. The molecule has 23 heavy (non-hydrogen) atoms. The van der Waals surface area contributed by atoms with Gasteiger partial charge in [0.15, 0.2) is 6.29 Å². The SMILES string of the molecule is COC(OC)C(C)NCC1(C)CCCN(C(=O)OC(C)(C)C)C1. The Morgan fingerprint density at radius 1 is 1.30 bits per heavy atom. The summed E-state index contributed by atoms with van der Waals surface area (Å²) in [6.45, 7) is 12.2. The standard InChI is InChI=1S/C17H34N2O4/c1-13(14(21-6)22-7)18-11-17(5)9-8-10-19(12-17)15(20)23-16(2,3)4/h13-14,18H,8-12H2,1-7H3. The van der Waals surface area contributed by atoms with Crippen LogP contribution in [0.15, 0.2) is 0 Å². The molecule has 1 aliphatic rings. The third-order valence-electron chi connectivity index (χ3n) is 4.16. The van der Waals surface area contributed by atoms with E-state index in [4.69, 9.17) is 14.2 Å². The third-order valence-corrected chi connectivity index (χ3v) is 4.16. The number of amides is 1. The number of ether oxygens (including phenoxy) is 3. The molecule has 0 aliphatic carbocycles. The summed E-state index contributed by atoms with van der Waals surface area (Å²) in [6.07, 6.45) is 1.58. The van der Waals surface area contributed by atoms with Crippen molar-refractivity contribution in [2.75, 3.05) is 33.9 Å². The Morgan fingerprint density at radius 3 is 2.43 bits per heavy atom. The van der Waals surface area contributed by atoms with Crippen LogP contribution in [0.2, 0.25) is 0 Å². The first-order valence-corrected chi connectivity index (χ1v) is 8.37. The second kappa shape index (κ2) is 8.31. The van der Waals surface area contributed by atoms with Crippen LogP contribution in [0.4, 0.5) is 4.79 Å². The molecule has 2 atom stereocenters. The van der Waals surface area contributed by atoms with Crippen LogP contribution in [0.5, 0.6) is 0 Å². The van der Waals surface area contributed by atoms with Crippen molar-refractivity contribution in [1.82, 2.24) is 10.2 Å². The molecule has 0 bridgehead atoms. The van der Waals surface area contributed by atoms with E-state index in [1.54, 1.807) is 14.2 Å². The number of rotatable bonds is 6. The predicted octanol–water partition coefficient (Wildman–Crippen LogP) is 2.62. The van der Waals surface area contributed by atoms with Gasteiger partial charge in [-0.2, -0.15) is 0 Å². The zero-order chi connectivity index (χ0) is 17.7. The van der Waals surface area contributed by atoms with Gasteiger partial charge in [-0.05, 0) is 46.0 Å². The molecular weight excluding hydrogens is 296 g/mol. The van der Waals surface area contributed by atoms with Crippen LogP contribution >= 0.6 is 0 Å². The predicted molar refractivity (Wildman–Crippen MR) is 90.4 cm³/mol. The fourth-order valence-corrected chi connectivity index (χ4v) is 2.95. The molecule has 0 radical (unpaired) electrons. The van der Waals surface area contributed by atoms with Crippen LogP contribution in [0, 0.1) is 5.41 Å². The van der Waals surface area contributed by atoms with Gasteiger partial charge in [0.1, 0.15) is 5.60 Å². The number of hydrogen-bond donors (Lipinski definition) is 1. The van der Waals surface area contributed by atoms with Gasteiger partial charge in [-0.15, -0.1) is 0 Å². The summed E-state index contributed by atoms with van der Waals surface area (Å²) in [5.74, 6) is 0. The van der Waals surface area contributed by atoms with Gasteiger partial charge >= 0.3 is 6.09 Å². The van der Waals surface area contributed by atoms with Gasteiger partial charge in [0.05, 0.1) is 6.04 Å². The van der Waals surface area contributed by atoms with E-state index in [2.05, 4.69) is 12.2 Å². The molecule has 1 N–H and O–H groups in total. The molecule has 2 unspecified atom stereocenters. The molecule has 0 aromatic carbocycles. The largest absolute Gasteiger partial charge is 0.444 e. The molecule has 1 aliphatic heterocycles. The summed E-state index contributed by atoms with van der Waals surface area (Å²) in [5.41, 5.74) is -0.433. The monoisotopic (exact) mass is 330 g/mol. The van der Waals surface area contributed by atoms with E-state index in [1.165, 1.54) is 0 Å². The highest BCUT2D eigenvalue weighted by atomic mass is 16.7. The summed E-state index contributed by atoms with van der Waals surface area (Å²) in [5, 5.41) is 3.47. The van der Waals surface area contributed by atoms with Crippen LogP contribution in [0.25, 0.3) is 0 Å². The molecule has 6 nitrogen and oxygen atoms in total. The number of nitrogens with one attached hydrogen (secondary N) is 1. The van der Waals surface area contributed by atoms with Crippen LogP contribution in [0.1, 0.15) is 47.5 Å². The number of likely N-dealkylation sites (tertiary alicyclic amines) is 1. The minimum atomic E-state index is -0.457. The van der Waals surface area contributed by atoms with Crippen LogP contribution < -0.4 is 5.32 Å². The summed E-state index contributed by atoms with van der Waals surface area (Å²) < 4.78 is 16.1. The maximum atomic E-state index is 12.3. The maximum Gasteiger partial charge on any atom is 0.410 e. The van der Waals surface area contributed by atoms with E-state index in [9.17, 15) is 4.79 Å². The summed E-state index contributed by atoms with van der Waals surface area (Å²) in [6, 6.07) is 0.0822. The highest BCUT2D eigenvalue weighted by molar-refractivity contribution is 5.68. The number of methoxy groups -OCH3 is 2. The lowest BCUT2D eigenvalue weighted by atomic mass is 9.81. The van der Waals surface area contributed by atoms with Crippen molar-refractivity contribution >= 4 is 6.09 Å². The molecule has 1 amide bonds. The lowest BCUT2D eigenvalue weighted by Crippen LogP contribution is -2.52. The van der Waals surface area contributed by atoms with Crippen molar-refractivity contribution in [2.45, 2.75) is 65.4 Å². The Kier molecular flexibility index (Phi) is 7.29. The fraction of sp³-hybridized carbons (Fsp3) is 0.941. The average Bonchev–Trinajstić information content (AvgIpc) is 2.45. The van der Waals surface area contributed by atoms with E-state index in [-0.39, 0.29) is 23.8 Å². The van der Waals surface area contributed by atoms with Gasteiger partial charge in [-0.25, -0.2) is 4.79 Å². The Labute approximate surface area is 140 Å². The molecule has 1 saturated heterocycles. The first kappa shape index (κ1) is 20.2. The van der Waals surface area contributed by atoms with Gasteiger partial charge in [0.25, 0.3) is 0 Å². The molecular formula is C17H34N2O4. The van der Waals surface area contributed by atoms with E-state index in [0.29, 0.717) is 6.54 Å². The van der Waals surface area contributed by atoms with Gasteiger partial charge in [-0.3, -0.25) is 0 Å². The second-order valence-electron chi connectivity index (χ2n) is 7.83. The molecule has 0 saturated carbocycles. The first-order valence-electron chi connectivity index (χ1n) is 8.37. The van der Waals surface area contributed by atoms with Crippen LogP contribution in [0.3, 0.4) is 0 Å². The van der Waals surface area contributed by atoms with E-state index in [1.807, 2.05) is 32.6 Å².